The lowest BCUT2D eigenvalue weighted by atomic mass is 10.0. The van der Waals surface area contributed by atoms with Gasteiger partial charge in [-0.15, -0.1) is 0 Å². The van der Waals surface area contributed by atoms with E-state index >= 15 is 0 Å². The summed E-state index contributed by atoms with van der Waals surface area (Å²) in [5.41, 5.74) is 3.35. The van der Waals surface area contributed by atoms with Crippen LogP contribution in [0.2, 0.25) is 0 Å². The second-order valence-electron chi connectivity index (χ2n) is 8.30. The van der Waals surface area contributed by atoms with E-state index in [-0.39, 0.29) is 12.1 Å². The Morgan fingerprint density at radius 3 is 2.50 bits per heavy atom. The highest BCUT2D eigenvalue weighted by Crippen LogP contribution is 2.38. The Morgan fingerprint density at radius 2 is 1.77 bits per heavy atom. The van der Waals surface area contributed by atoms with Crippen LogP contribution in [0.3, 0.4) is 0 Å². The first-order valence-corrected chi connectivity index (χ1v) is 10.6. The lowest BCUT2D eigenvalue weighted by molar-refractivity contribution is 0.179. The minimum atomic E-state index is -0.355. The summed E-state index contributed by atoms with van der Waals surface area (Å²) in [7, 11) is 0. The smallest absolute Gasteiger partial charge is 0.416 e. The van der Waals surface area contributed by atoms with Crippen LogP contribution in [0, 0.1) is 11.8 Å². The quantitative estimate of drug-likeness (QED) is 0.555. The molecule has 1 saturated carbocycles. The lowest BCUT2D eigenvalue weighted by Gasteiger charge is -2.21. The number of aromatic nitrogens is 2. The van der Waals surface area contributed by atoms with E-state index in [4.69, 9.17) is 9.72 Å². The fourth-order valence-electron chi connectivity index (χ4n) is 4.19. The second kappa shape index (κ2) is 7.90. The van der Waals surface area contributed by atoms with Crippen LogP contribution >= 0.6 is 0 Å². The topological polar surface area (TPSA) is 55.3 Å². The number of carbonyl (C=O) groups is 1. The molecule has 1 aliphatic carbocycles. The summed E-state index contributed by atoms with van der Waals surface area (Å²) >= 11 is 0. The highest BCUT2D eigenvalue weighted by molar-refractivity contribution is 5.89. The molecular weight excluding hydrogens is 374 g/mol. The van der Waals surface area contributed by atoms with Crippen LogP contribution in [0.25, 0.3) is 11.1 Å². The SMILES string of the molecule is C[C@H](Cc1nccc(N2C(=O)OC[C@@H]2c2ccc(-c3ccccc3)cc2)n1)C1CC1. The number of carbonyl (C=O) groups excluding carboxylic acids is 1. The van der Waals surface area contributed by atoms with E-state index in [1.807, 2.05) is 18.2 Å². The average molecular weight is 399 g/mol. The Morgan fingerprint density at radius 1 is 1.03 bits per heavy atom. The van der Waals surface area contributed by atoms with Crippen LogP contribution < -0.4 is 4.90 Å². The van der Waals surface area contributed by atoms with Crippen LogP contribution in [0.5, 0.6) is 0 Å². The molecular formula is C25H25N3O2. The molecule has 30 heavy (non-hydrogen) atoms. The first-order valence-electron chi connectivity index (χ1n) is 10.6. The lowest BCUT2D eigenvalue weighted by Crippen LogP contribution is -2.28. The number of rotatable bonds is 6. The fraction of sp³-hybridized carbons (Fsp3) is 0.320. The molecule has 2 aliphatic rings. The highest BCUT2D eigenvalue weighted by atomic mass is 16.6. The molecule has 3 aromatic rings. The summed E-state index contributed by atoms with van der Waals surface area (Å²) in [6.07, 6.45) is 4.85. The van der Waals surface area contributed by atoms with Gasteiger partial charge in [0.1, 0.15) is 24.3 Å². The van der Waals surface area contributed by atoms with Crippen molar-refractivity contribution in [3.63, 3.8) is 0 Å². The van der Waals surface area contributed by atoms with E-state index in [1.54, 1.807) is 17.2 Å². The molecule has 0 spiro atoms. The van der Waals surface area contributed by atoms with E-state index in [9.17, 15) is 4.79 Å². The van der Waals surface area contributed by atoms with Crippen LogP contribution in [0.1, 0.15) is 37.2 Å². The number of hydrogen-bond donors (Lipinski definition) is 0. The molecule has 152 valence electrons. The van der Waals surface area contributed by atoms with Crippen LogP contribution in [0.15, 0.2) is 66.9 Å². The monoisotopic (exact) mass is 399 g/mol. The number of nitrogens with zero attached hydrogens (tertiary/aromatic N) is 3. The molecule has 1 amide bonds. The molecule has 1 saturated heterocycles. The van der Waals surface area contributed by atoms with Gasteiger partial charge in [-0.1, -0.05) is 61.5 Å². The molecule has 2 atom stereocenters. The maximum absolute atomic E-state index is 12.5. The Kier molecular flexibility index (Phi) is 4.95. The zero-order valence-corrected chi connectivity index (χ0v) is 17.1. The molecule has 0 N–H and O–H groups in total. The van der Waals surface area contributed by atoms with E-state index < -0.39 is 0 Å². The zero-order valence-electron chi connectivity index (χ0n) is 17.1. The molecule has 2 aromatic carbocycles. The van der Waals surface area contributed by atoms with Crippen molar-refractivity contribution < 1.29 is 9.53 Å². The average Bonchev–Trinajstić information content (AvgIpc) is 3.57. The first kappa shape index (κ1) is 18.8. The number of anilines is 1. The standard InChI is InChI=1S/C25H25N3O2/c1-17(18-7-8-18)15-23-26-14-13-24(27-23)28-22(16-30-25(28)29)21-11-9-20(10-12-21)19-5-3-2-4-6-19/h2-6,9-14,17-18,22H,7-8,15-16H2,1H3/t17-,22-/m1/s1. The highest BCUT2D eigenvalue weighted by Gasteiger charge is 2.36. The van der Waals surface area contributed by atoms with Gasteiger partial charge in [-0.2, -0.15) is 0 Å². The molecule has 5 nitrogen and oxygen atoms in total. The van der Waals surface area contributed by atoms with Gasteiger partial charge in [0.25, 0.3) is 0 Å². The Bertz CT molecular complexity index is 1030. The number of hydrogen-bond acceptors (Lipinski definition) is 4. The Hall–Kier alpha value is -3.21. The maximum atomic E-state index is 12.5. The van der Waals surface area contributed by atoms with E-state index in [1.165, 1.54) is 18.4 Å². The maximum Gasteiger partial charge on any atom is 0.416 e. The zero-order chi connectivity index (χ0) is 20.5. The predicted octanol–water partition coefficient (Wildman–Crippen LogP) is 5.43. The van der Waals surface area contributed by atoms with Crippen molar-refractivity contribution in [2.75, 3.05) is 11.5 Å². The number of amides is 1. The van der Waals surface area contributed by atoms with Gasteiger partial charge in [0.2, 0.25) is 0 Å². The normalized spacial score (nSPS) is 19.6. The summed E-state index contributed by atoms with van der Waals surface area (Å²) in [6, 6.07) is 20.2. The Labute approximate surface area is 176 Å². The third-order valence-corrected chi connectivity index (χ3v) is 6.14. The molecule has 0 radical (unpaired) electrons. The van der Waals surface area contributed by atoms with Gasteiger partial charge in [0.15, 0.2) is 0 Å². The number of benzene rings is 2. The number of ether oxygens (including phenoxy) is 1. The van der Waals surface area contributed by atoms with Crippen molar-refractivity contribution in [1.29, 1.82) is 0 Å². The summed E-state index contributed by atoms with van der Waals surface area (Å²) in [5, 5.41) is 0. The minimum Gasteiger partial charge on any atom is -0.447 e. The second-order valence-corrected chi connectivity index (χ2v) is 8.30. The summed E-state index contributed by atoms with van der Waals surface area (Å²) in [4.78, 5) is 23.3. The minimum absolute atomic E-state index is 0.189. The van der Waals surface area contributed by atoms with Crippen LogP contribution in [-0.2, 0) is 11.2 Å². The van der Waals surface area contributed by atoms with Crippen molar-refractivity contribution in [2.45, 2.75) is 32.2 Å². The Balaban J connectivity index is 1.39. The van der Waals surface area contributed by atoms with Gasteiger partial charge >= 0.3 is 6.09 Å². The molecule has 1 aromatic heterocycles. The van der Waals surface area contributed by atoms with E-state index in [0.717, 1.165) is 29.3 Å². The van der Waals surface area contributed by atoms with Gasteiger partial charge in [0, 0.05) is 12.6 Å². The van der Waals surface area contributed by atoms with Crippen molar-refractivity contribution in [3.05, 3.63) is 78.2 Å². The third-order valence-electron chi connectivity index (χ3n) is 6.14. The van der Waals surface area contributed by atoms with Crippen LogP contribution in [0.4, 0.5) is 10.6 Å². The number of cyclic esters (lactones) is 1. The summed E-state index contributed by atoms with van der Waals surface area (Å²) < 4.78 is 5.40. The van der Waals surface area contributed by atoms with Gasteiger partial charge in [-0.25, -0.2) is 14.8 Å². The molecule has 2 heterocycles. The molecule has 1 aliphatic heterocycles. The molecule has 2 fully saturated rings. The largest absolute Gasteiger partial charge is 0.447 e. The third kappa shape index (κ3) is 3.80. The molecule has 0 unspecified atom stereocenters. The van der Waals surface area contributed by atoms with Crippen LogP contribution in [-0.4, -0.2) is 22.7 Å². The molecule has 5 heteroatoms. The summed E-state index contributed by atoms with van der Waals surface area (Å²) in [5.74, 6) is 2.78. The van der Waals surface area contributed by atoms with Gasteiger partial charge in [0.05, 0.1) is 0 Å². The van der Waals surface area contributed by atoms with Crippen molar-refractivity contribution in [1.82, 2.24) is 9.97 Å². The fourth-order valence-corrected chi connectivity index (χ4v) is 4.19. The molecule has 0 bridgehead atoms. The van der Waals surface area contributed by atoms with Crippen molar-refractivity contribution in [2.24, 2.45) is 11.8 Å². The molecule has 5 rings (SSSR count). The predicted molar refractivity (Wildman–Crippen MR) is 116 cm³/mol. The van der Waals surface area contributed by atoms with E-state index in [2.05, 4.69) is 48.3 Å². The van der Waals surface area contributed by atoms with Gasteiger partial charge in [-0.3, -0.25) is 4.90 Å². The summed E-state index contributed by atoms with van der Waals surface area (Å²) in [6.45, 7) is 2.58. The van der Waals surface area contributed by atoms with Crippen molar-refractivity contribution >= 4 is 11.9 Å². The first-order chi connectivity index (χ1) is 14.7. The van der Waals surface area contributed by atoms with E-state index in [0.29, 0.717) is 18.3 Å². The van der Waals surface area contributed by atoms with Crippen molar-refractivity contribution in [3.8, 4) is 11.1 Å². The van der Waals surface area contributed by atoms with Gasteiger partial charge < -0.3 is 4.74 Å². The van der Waals surface area contributed by atoms with Gasteiger partial charge in [-0.05, 0) is 47.4 Å².